The lowest BCUT2D eigenvalue weighted by Crippen LogP contribution is -2.51. The predicted octanol–water partition coefficient (Wildman–Crippen LogP) is 3.58. The van der Waals surface area contributed by atoms with Crippen LogP contribution in [0.5, 0.6) is 0 Å². The lowest BCUT2D eigenvalue weighted by molar-refractivity contribution is -0.121. The highest BCUT2D eigenvalue weighted by molar-refractivity contribution is 8.00. The maximum Gasteiger partial charge on any atom is 0.277 e. The van der Waals surface area contributed by atoms with Crippen LogP contribution in [0.25, 0.3) is 11.5 Å². The zero-order valence-corrected chi connectivity index (χ0v) is 15.8. The molecule has 1 aromatic heterocycles. The van der Waals surface area contributed by atoms with Gasteiger partial charge in [-0.1, -0.05) is 43.3 Å². The number of thioether (sulfide) groups is 1. The van der Waals surface area contributed by atoms with Crippen molar-refractivity contribution in [2.45, 2.75) is 50.6 Å². The summed E-state index contributed by atoms with van der Waals surface area (Å²) in [6, 6.07) is 9.93. The van der Waals surface area contributed by atoms with Crippen LogP contribution in [-0.4, -0.2) is 26.9 Å². The minimum Gasteiger partial charge on any atom is -0.411 e. The molecule has 0 aliphatic rings. The molecule has 0 spiro atoms. The Kier molecular flexibility index (Phi) is 5.85. The number of nitrogens with one attached hydrogen (secondary N) is 1. The molecule has 2 aromatic rings. The molecule has 1 N–H and O–H groups in total. The Morgan fingerprint density at radius 2 is 2.08 bits per heavy atom. The average Bonchev–Trinajstić information content (AvgIpc) is 3.03. The molecule has 0 saturated carbocycles. The summed E-state index contributed by atoms with van der Waals surface area (Å²) >= 11 is 1.17. The van der Waals surface area contributed by atoms with Gasteiger partial charge in [-0.3, -0.25) is 4.79 Å². The van der Waals surface area contributed by atoms with E-state index in [1.807, 2.05) is 45.0 Å². The van der Waals surface area contributed by atoms with Crippen molar-refractivity contribution in [3.8, 4) is 17.5 Å². The zero-order valence-electron chi connectivity index (χ0n) is 15.0. The van der Waals surface area contributed by atoms with E-state index < -0.39 is 10.8 Å². The van der Waals surface area contributed by atoms with E-state index in [9.17, 15) is 10.1 Å². The quantitative estimate of drug-likeness (QED) is 0.794. The van der Waals surface area contributed by atoms with Crippen LogP contribution in [0.3, 0.4) is 0 Å². The number of aromatic nitrogens is 2. The fourth-order valence-electron chi connectivity index (χ4n) is 2.02. The lowest BCUT2D eigenvalue weighted by Gasteiger charge is -2.28. The van der Waals surface area contributed by atoms with Gasteiger partial charge in [0.15, 0.2) is 0 Å². The van der Waals surface area contributed by atoms with Gasteiger partial charge in [0, 0.05) is 5.56 Å². The van der Waals surface area contributed by atoms with Gasteiger partial charge < -0.3 is 9.73 Å². The topological polar surface area (TPSA) is 91.8 Å². The molecule has 0 unspecified atom stereocenters. The van der Waals surface area contributed by atoms with Crippen LogP contribution < -0.4 is 5.32 Å². The van der Waals surface area contributed by atoms with Crippen LogP contribution in [0.1, 0.15) is 33.3 Å². The Morgan fingerprint density at radius 1 is 1.36 bits per heavy atom. The van der Waals surface area contributed by atoms with Crippen molar-refractivity contribution in [2.75, 3.05) is 0 Å². The first-order valence-electron chi connectivity index (χ1n) is 8.05. The van der Waals surface area contributed by atoms with Gasteiger partial charge in [-0.25, -0.2) is 0 Å². The van der Waals surface area contributed by atoms with E-state index in [-0.39, 0.29) is 11.8 Å². The number of hydrogen-bond donors (Lipinski definition) is 1. The van der Waals surface area contributed by atoms with Crippen LogP contribution in [-0.2, 0) is 4.79 Å². The highest BCUT2D eigenvalue weighted by Crippen LogP contribution is 2.27. The standard InChI is InChI=1S/C18H22N4O2S/c1-11(2)18(5,10-19)20-15(23)13(4)25-17-22-21-16(24-17)14-8-6-7-12(3)9-14/h6-9,11,13H,1-5H3,(H,20,23)/t13-,18+/m1/s1. The summed E-state index contributed by atoms with van der Waals surface area (Å²) in [6.45, 7) is 9.24. The fourth-order valence-corrected chi connectivity index (χ4v) is 2.70. The summed E-state index contributed by atoms with van der Waals surface area (Å²) in [6.07, 6.45) is 0. The van der Waals surface area contributed by atoms with Crippen LogP contribution in [0.2, 0.25) is 0 Å². The van der Waals surface area contributed by atoms with Gasteiger partial charge in [0.2, 0.25) is 11.8 Å². The maximum absolute atomic E-state index is 12.4. The third-order valence-electron chi connectivity index (χ3n) is 4.09. The highest BCUT2D eigenvalue weighted by atomic mass is 32.2. The molecular formula is C18H22N4O2S. The fraction of sp³-hybridized carbons (Fsp3) is 0.444. The van der Waals surface area contributed by atoms with Crippen LogP contribution in [0.4, 0.5) is 0 Å². The number of amides is 1. The molecule has 0 bridgehead atoms. The molecule has 0 aliphatic carbocycles. The molecule has 2 rings (SSSR count). The first-order valence-corrected chi connectivity index (χ1v) is 8.93. The van der Waals surface area contributed by atoms with Crippen molar-refractivity contribution in [2.24, 2.45) is 5.92 Å². The Labute approximate surface area is 152 Å². The molecule has 7 heteroatoms. The lowest BCUT2D eigenvalue weighted by atomic mass is 9.90. The SMILES string of the molecule is Cc1cccc(-c2nnc(S[C@H](C)C(=O)N[C@@](C)(C#N)C(C)C)o2)c1. The number of aryl methyl sites for hydroxylation is 1. The molecule has 1 aromatic carbocycles. The van der Waals surface area contributed by atoms with Crippen molar-refractivity contribution in [1.29, 1.82) is 5.26 Å². The smallest absolute Gasteiger partial charge is 0.277 e. The molecule has 0 radical (unpaired) electrons. The summed E-state index contributed by atoms with van der Waals surface area (Å²) in [5.41, 5.74) is 1.03. The minimum absolute atomic E-state index is 0.00465. The molecule has 0 fully saturated rings. The Morgan fingerprint density at radius 3 is 2.68 bits per heavy atom. The van der Waals surface area contributed by atoms with Crippen LogP contribution in [0.15, 0.2) is 33.9 Å². The second-order valence-electron chi connectivity index (χ2n) is 6.46. The Bertz CT molecular complexity index is 796. The number of nitriles is 1. The van der Waals surface area contributed by atoms with E-state index in [4.69, 9.17) is 4.42 Å². The summed E-state index contributed by atoms with van der Waals surface area (Å²) in [5, 5.41) is 20.0. The number of hydrogen-bond acceptors (Lipinski definition) is 6. The first kappa shape index (κ1) is 19.0. The number of carbonyl (C=O) groups is 1. The van der Waals surface area contributed by atoms with Crippen molar-refractivity contribution < 1.29 is 9.21 Å². The summed E-state index contributed by atoms with van der Waals surface area (Å²) < 4.78 is 5.65. The van der Waals surface area contributed by atoms with E-state index in [0.29, 0.717) is 11.1 Å². The van der Waals surface area contributed by atoms with E-state index in [1.165, 1.54) is 11.8 Å². The average molecular weight is 358 g/mol. The number of benzene rings is 1. The molecule has 1 heterocycles. The third-order valence-corrected chi connectivity index (χ3v) is 5.02. The zero-order chi connectivity index (χ0) is 18.6. The van der Waals surface area contributed by atoms with Gasteiger partial charge in [-0.15, -0.1) is 10.2 Å². The summed E-state index contributed by atoms with van der Waals surface area (Å²) in [5.74, 6) is 0.177. The van der Waals surface area contributed by atoms with Crippen LogP contribution >= 0.6 is 11.8 Å². The van der Waals surface area contributed by atoms with E-state index >= 15 is 0 Å². The molecule has 25 heavy (non-hydrogen) atoms. The first-order chi connectivity index (χ1) is 11.7. The van der Waals surface area contributed by atoms with Gasteiger partial charge in [-0.05, 0) is 38.8 Å². The molecule has 6 nitrogen and oxygen atoms in total. The van der Waals surface area contributed by atoms with Crippen LogP contribution in [0, 0.1) is 24.2 Å². The second kappa shape index (κ2) is 7.70. The van der Waals surface area contributed by atoms with Crippen molar-refractivity contribution in [3.63, 3.8) is 0 Å². The maximum atomic E-state index is 12.4. The van der Waals surface area contributed by atoms with E-state index in [2.05, 4.69) is 21.6 Å². The monoisotopic (exact) mass is 358 g/mol. The van der Waals surface area contributed by atoms with Gasteiger partial charge in [0.25, 0.3) is 5.22 Å². The third kappa shape index (κ3) is 4.60. The largest absolute Gasteiger partial charge is 0.411 e. The Balaban J connectivity index is 2.05. The number of rotatable bonds is 6. The number of carbonyl (C=O) groups excluding carboxylic acids is 1. The van der Waals surface area contributed by atoms with Crippen molar-refractivity contribution in [3.05, 3.63) is 29.8 Å². The van der Waals surface area contributed by atoms with Crippen molar-refractivity contribution in [1.82, 2.24) is 15.5 Å². The highest BCUT2D eigenvalue weighted by Gasteiger charge is 2.32. The van der Waals surface area contributed by atoms with Gasteiger partial charge in [0.1, 0.15) is 5.54 Å². The molecular weight excluding hydrogens is 336 g/mol. The van der Waals surface area contributed by atoms with E-state index in [1.54, 1.807) is 13.8 Å². The normalized spacial score (nSPS) is 14.6. The van der Waals surface area contributed by atoms with Gasteiger partial charge >= 0.3 is 0 Å². The molecule has 132 valence electrons. The van der Waals surface area contributed by atoms with Crippen molar-refractivity contribution >= 4 is 17.7 Å². The molecule has 0 aliphatic heterocycles. The Hall–Kier alpha value is -2.33. The number of nitrogens with zero attached hydrogens (tertiary/aromatic N) is 3. The second-order valence-corrected chi connectivity index (χ2v) is 7.75. The molecule has 2 atom stereocenters. The molecule has 0 saturated heterocycles. The van der Waals surface area contributed by atoms with E-state index in [0.717, 1.165) is 11.1 Å². The summed E-state index contributed by atoms with van der Waals surface area (Å²) in [7, 11) is 0. The minimum atomic E-state index is -0.909. The summed E-state index contributed by atoms with van der Waals surface area (Å²) in [4.78, 5) is 12.4. The van der Waals surface area contributed by atoms with Gasteiger partial charge in [-0.2, -0.15) is 5.26 Å². The van der Waals surface area contributed by atoms with Gasteiger partial charge in [0.05, 0.1) is 11.3 Å². The predicted molar refractivity (Wildman–Crippen MR) is 96.8 cm³/mol. The molecule has 1 amide bonds.